The molecule has 1 N–H and O–H groups in total. The topological polar surface area (TPSA) is 63.6 Å². The first-order valence-corrected chi connectivity index (χ1v) is 8.68. The molecule has 0 saturated carbocycles. The Morgan fingerprint density at radius 3 is 2.12 bits per heavy atom. The summed E-state index contributed by atoms with van der Waals surface area (Å²) < 4.78 is 5.46. The number of aliphatic carboxylic acids is 1. The zero-order valence-electron chi connectivity index (χ0n) is 14.3. The first kappa shape index (κ1) is 17.2. The lowest BCUT2D eigenvalue weighted by Crippen LogP contribution is -2.21. The molecule has 4 nitrogen and oxygen atoms in total. The van der Waals surface area contributed by atoms with Crippen LogP contribution in [0.4, 0.5) is 0 Å². The van der Waals surface area contributed by atoms with E-state index in [0.29, 0.717) is 6.42 Å². The number of carbonyl (C=O) groups is 2. The van der Waals surface area contributed by atoms with Gasteiger partial charge < -0.3 is 9.84 Å². The normalized spacial score (nSPS) is 13.8. The number of carbonyl (C=O) groups excluding carboxylic acids is 1. The van der Waals surface area contributed by atoms with E-state index in [1.54, 1.807) is 0 Å². The predicted molar refractivity (Wildman–Crippen MR) is 95.3 cm³/mol. The fourth-order valence-corrected chi connectivity index (χ4v) is 3.54. The summed E-state index contributed by atoms with van der Waals surface area (Å²) in [7, 11) is 0. The van der Waals surface area contributed by atoms with Crippen molar-refractivity contribution in [1.29, 1.82) is 0 Å². The van der Waals surface area contributed by atoms with Gasteiger partial charge in [-0.25, -0.2) is 0 Å². The SMILES string of the molecule is CCC[C@@H](CC(=O)OCC1c2ccccc2-c2ccccc21)C(=O)O. The number of carboxylic acids is 1. The molecule has 0 bridgehead atoms. The third-order valence-corrected chi connectivity index (χ3v) is 4.77. The number of benzene rings is 2. The number of hydrogen-bond donors (Lipinski definition) is 1. The van der Waals surface area contributed by atoms with E-state index in [2.05, 4.69) is 24.3 Å². The molecule has 2 aromatic carbocycles. The maximum absolute atomic E-state index is 12.1. The van der Waals surface area contributed by atoms with Crippen molar-refractivity contribution in [2.75, 3.05) is 6.61 Å². The zero-order valence-corrected chi connectivity index (χ0v) is 14.3. The number of esters is 1. The van der Waals surface area contributed by atoms with Crippen LogP contribution in [-0.2, 0) is 14.3 Å². The standard InChI is InChI=1S/C21H22O4/c1-2-7-14(21(23)24)12-20(22)25-13-19-17-10-5-3-8-15(17)16-9-4-6-11-18(16)19/h3-6,8-11,14,19H,2,7,12-13H2,1H3,(H,23,24)/t14-/m0/s1. The highest BCUT2D eigenvalue weighted by Gasteiger charge is 2.29. The second-order valence-electron chi connectivity index (χ2n) is 6.44. The Hall–Kier alpha value is -2.62. The third kappa shape index (κ3) is 3.58. The van der Waals surface area contributed by atoms with Crippen LogP contribution < -0.4 is 0 Å². The van der Waals surface area contributed by atoms with Crippen molar-refractivity contribution in [3.63, 3.8) is 0 Å². The molecule has 0 saturated heterocycles. The third-order valence-electron chi connectivity index (χ3n) is 4.77. The molecule has 3 rings (SSSR count). The molecule has 130 valence electrons. The van der Waals surface area contributed by atoms with Crippen LogP contribution in [0.25, 0.3) is 11.1 Å². The fraction of sp³-hybridized carbons (Fsp3) is 0.333. The van der Waals surface area contributed by atoms with E-state index in [1.807, 2.05) is 31.2 Å². The van der Waals surface area contributed by atoms with Crippen LogP contribution in [0.1, 0.15) is 43.2 Å². The van der Waals surface area contributed by atoms with Crippen LogP contribution in [0.2, 0.25) is 0 Å². The summed E-state index contributed by atoms with van der Waals surface area (Å²) >= 11 is 0. The van der Waals surface area contributed by atoms with Crippen molar-refractivity contribution in [3.8, 4) is 11.1 Å². The van der Waals surface area contributed by atoms with Gasteiger partial charge in [0.1, 0.15) is 6.61 Å². The van der Waals surface area contributed by atoms with Gasteiger partial charge in [0, 0.05) is 5.92 Å². The minimum Gasteiger partial charge on any atom is -0.481 e. The van der Waals surface area contributed by atoms with E-state index in [-0.39, 0.29) is 18.9 Å². The van der Waals surface area contributed by atoms with Crippen LogP contribution in [0.5, 0.6) is 0 Å². The minimum absolute atomic E-state index is 0.00537. The van der Waals surface area contributed by atoms with Gasteiger partial charge in [-0.05, 0) is 28.7 Å². The molecule has 0 fully saturated rings. The average molecular weight is 338 g/mol. The Bertz CT molecular complexity index is 735. The summed E-state index contributed by atoms with van der Waals surface area (Å²) in [6, 6.07) is 16.3. The lowest BCUT2D eigenvalue weighted by molar-refractivity contribution is -0.152. The molecule has 0 heterocycles. The van der Waals surface area contributed by atoms with E-state index in [0.717, 1.165) is 17.5 Å². The highest BCUT2D eigenvalue weighted by molar-refractivity contribution is 5.80. The highest BCUT2D eigenvalue weighted by Crippen LogP contribution is 2.44. The van der Waals surface area contributed by atoms with Gasteiger partial charge >= 0.3 is 11.9 Å². The largest absolute Gasteiger partial charge is 0.481 e. The fourth-order valence-electron chi connectivity index (χ4n) is 3.54. The molecule has 4 heteroatoms. The summed E-state index contributed by atoms with van der Waals surface area (Å²) in [5, 5.41) is 9.19. The van der Waals surface area contributed by atoms with E-state index in [4.69, 9.17) is 4.74 Å². The first-order valence-electron chi connectivity index (χ1n) is 8.68. The van der Waals surface area contributed by atoms with Gasteiger partial charge in [0.15, 0.2) is 0 Å². The van der Waals surface area contributed by atoms with E-state index in [9.17, 15) is 14.7 Å². The van der Waals surface area contributed by atoms with Crippen molar-refractivity contribution in [3.05, 3.63) is 59.7 Å². The van der Waals surface area contributed by atoms with Gasteiger partial charge in [-0.15, -0.1) is 0 Å². The van der Waals surface area contributed by atoms with Crippen LogP contribution in [0, 0.1) is 5.92 Å². The average Bonchev–Trinajstić information content (AvgIpc) is 2.93. The Kier molecular flexibility index (Phi) is 5.17. The van der Waals surface area contributed by atoms with Crippen molar-refractivity contribution in [2.24, 2.45) is 5.92 Å². The maximum atomic E-state index is 12.1. The van der Waals surface area contributed by atoms with E-state index >= 15 is 0 Å². The quantitative estimate of drug-likeness (QED) is 0.767. The minimum atomic E-state index is -0.935. The Labute approximate surface area is 147 Å². The summed E-state index contributed by atoms with van der Waals surface area (Å²) in [6.45, 7) is 2.15. The molecule has 2 aromatic rings. The highest BCUT2D eigenvalue weighted by atomic mass is 16.5. The molecule has 0 spiro atoms. The molecular formula is C21H22O4. The van der Waals surface area contributed by atoms with Gasteiger partial charge in [0.25, 0.3) is 0 Å². The van der Waals surface area contributed by atoms with Crippen LogP contribution >= 0.6 is 0 Å². The van der Waals surface area contributed by atoms with E-state index in [1.165, 1.54) is 11.1 Å². The lowest BCUT2D eigenvalue weighted by atomic mass is 9.98. The molecule has 0 radical (unpaired) electrons. The van der Waals surface area contributed by atoms with Crippen LogP contribution in [0.3, 0.4) is 0 Å². The van der Waals surface area contributed by atoms with Crippen molar-refractivity contribution in [1.82, 2.24) is 0 Å². The molecule has 25 heavy (non-hydrogen) atoms. The second-order valence-corrected chi connectivity index (χ2v) is 6.44. The smallest absolute Gasteiger partial charge is 0.307 e. The Morgan fingerprint density at radius 2 is 1.60 bits per heavy atom. The molecule has 1 atom stereocenters. The zero-order chi connectivity index (χ0) is 17.8. The van der Waals surface area contributed by atoms with E-state index < -0.39 is 17.9 Å². The van der Waals surface area contributed by atoms with Crippen molar-refractivity contribution < 1.29 is 19.4 Å². The van der Waals surface area contributed by atoms with Crippen molar-refractivity contribution in [2.45, 2.75) is 32.1 Å². The van der Waals surface area contributed by atoms with Gasteiger partial charge in [-0.2, -0.15) is 0 Å². The number of fused-ring (bicyclic) bond motifs is 3. The number of carboxylic acid groups (broad SMARTS) is 1. The van der Waals surface area contributed by atoms with Crippen molar-refractivity contribution >= 4 is 11.9 Å². The second kappa shape index (κ2) is 7.51. The Balaban J connectivity index is 1.71. The molecule has 1 aliphatic carbocycles. The lowest BCUT2D eigenvalue weighted by Gasteiger charge is -2.15. The number of hydrogen-bond acceptors (Lipinski definition) is 3. The van der Waals surface area contributed by atoms with Gasteiger partial charge in [0.05, 0.1) is 12.3 Å². The molecule has 0 amide bonds. The number of ether oxygens (including phenoxy) is 1. The van der Waals surface area contributed by atoms with Gasteiger partial charge in [-0.3, -0.25) is 9.59 Å². The van der Waals surface area contributed by atoms with Crippen LogP contribution in [0.15, 0.2) is 48.5 Å². The summed E-state index contributed by atoms with van der Waals surface area (Å²) in [4.78, 5) is 23.3. The number of rotatable bonds is 7. The van der Waals surface area contributed by atoms with Gasteiger partial charge in [-0.1, -0.05) is 61.9 Å². The Morgan fingerprint density at radius 1 is 1.04 bits per heavy atom. The first-order chi connectivity index (χ1) is 12.1. The molecule has 0 aliphatic heterocycles. The summed E-state index contributed by atoms with van der Waals surface area (Å²) in [5.74, 6) is -2.04. The molecule has 1 aliphatic rings. The van der Waals surface area contributed by atoms with Gasteiger partial charge in [0.2, 0.25) is 0 Å². The molecule has 0 aromatic heterocycles. The summed E-state index contributed by atoms with van der Waals surface area (Å²) in [6.07, 6.45) is 1.15. The monoisotopic (exact) mass is 338 g/mol. The maximum Gasteiger partial charge on any atom is 0.307 e. The molecular weight excluding hydrogens is 316 g/mol. The summed E-state index contributed by atoms with van der Waals surface area (Å²) in [5.41, 5.74) is 4.65. The predicted octanol–water partition coefficient (Wildman–Crippen LogP) is 4.23. The van der Waals surface area contributed by atoms with Crippen LogP contribution in [-0.4, -0.2) is 23.7 Å². The molecule has 0 unspecified atom stereocenters.